The lowest BCUT2D eigenvalue weighted by molar-refractivity contribution is 0.000857. The first-order valence-corrected chi connectivity index (χ1v) is 14.6. The topological polar surface area (TPSA) is 74.7 Å². The molecule has 1 aromatic carbocycles. The van der Waals surface area contributed by atoms with Crippen LogP contribution in [0.3, 0.4) is 0 Å². The maximum Gasteiger partial charge on any atom is 0.396 e. The van der Waals surface area contributed by atoms with Crippen LogP contribution in [0.4, 0.5) is 4.39 Å². The number of rotatable bonds is 7. The Bertz CT molecular complexity index is 1280. The van der Waals surface area contributed by atoms with Gasteiger partial charge in [-0.3, -0.25) is 14.1 Å². The lowest BCUT2D eigenvalue weighted by atomic mass is 9.61. The second-order valence-electron chi connectivity index (χ2n) is 11.1. The Kier molecular flexibility index (Phi) is 11.5. The summed E-state index contributed by atoms with van der Waals surface area (Å²) < 4.78 is 40.1. The van der Waals surface area contributed by atoms with Crippen molar-refractivity contribution in [3.63, 3.8) is 0 Å². The lowest BCUT2D eigenvalue weighted by Crippen LogP contribution is -2.47. The molecule has 1 aromatic heterocycles. The van der Waals surface area contributed by atoms with Crippen molar-refractivity contribution in [1.82, 2.24) is 9.55 Å². The number of hydrogen-bond acceptors (Lipinski definition) is 6. The van der Waals surface area contributed by atoms with E-state index in [-0.39, 0.29) is 40.5 Å². The Morgan fingerprint density at radius 3 is 2.33 bits per heavy atom. The maximum atomic E-state index is 15.5. The monoisotopic (exact) mass is 596 g/mol. The molecular weight excluding hydrogens is 559 g/mol. The molecule has 0 saturated carbocycles. The number of H-pyrrole nitrogens is 1. The van der Waals surface area contributed by atoms with Gasteiger partial charge < -0.3 is 13.8 Å². The number of halogens is 2. The van der Waals surface area contributed by atoms with Gasteiger partial charge in [-0.05, 0) is 28.9 Å². The minimum absolute atomic E-state index is 0.0647. The number of aryl methyl sites for hydroxylation is 1. The first-order chi connectivity index (χ1) is 18.0. The van der Waals surface area contributed by atoms with Gasteiger partial charge in [-0.25, -0.2) is 9.18 Å². The number of ether oxygens (including phenoxy) is 1. The predicted molar refractivity (Wildman–Crippen MR) is 159 cm³/mol. The summed E-state index contributed by atoms with van der Waals surface area (Å²) in [7, 11) is 11.9. The molecule has 0 spiro atoms. The van der Waals surface area contributed by atoms with Gasteiger partial charge in [-0.2, -0.15) is 0 Å². The predicted octanol–water partition coefficient (Wildman–Crippen LogP) is 6.57. The quantitative estimate of drug-likeness (QED) is 0.222. The molecule has 7 nitrogen and oxygen atoms in total. The zero-order chi connectivity index (χ0) is 29.9. The number of aromatic nitrogens is 2. The number of benzene rings is 1. The van der Waals surface area contributed by atoms with Crippen molar-refractivity contribution in [3.8, 4) is 5.75 Å². The van der Waals surface area contributed by atoms with E-state index in [0.29, 0.717) is 16.9 Å². The number of fused-ring (bicyclic) bond motifs is 1. The van der Waals surface area contributed by atoms with Crippen molar-refractivity contribution in [3.05, 3.63) is 54.9 Å². The van der Waals surface area contributed by atoms with Gasteiger partial charge in [0.25, 0.3) is 0 Å². The van der Waals surface area contributed by atoms with E-state index in [2.05, 4.69) is 4.98 Å². The van der Waals surface area contributed by atoms with Gasteiger partial charge in [0.2, 0.25) is 0 Å². The highest BCUT2D eigenvalue weighted by Crippen LogP contribution is 2.54. The van der Waals surface area contributed by atoms with Crippen molar-refractivity contribution in [2.24, 2.45) is 0 Å². The van der Waals surface area contributed by atoms with Crippen molar-refractivity contribution < 1.29 is 22.7 Å². The van der Waals surface area contributed by atoms with Gasteiger partial charge in [0.05, 0.1) is 23.3 Å². The molecule has 0 bridgehead atoms. The number of nitrogens with zero attached hydrogens (tertiary/aromatic N) is 1. The molecule has 0 aliphatic carbocycles. The van der Waals surface area contributed by atoms with E-state index in [1.807, 2.05) is 61.5 Å². The number of methoxy groups -OCH3 is 1. The standard InChI is InChI=1S/C24H31B2ClFN2O5PS.C2H6/c1-22(2,3)14-10-15(23(4,5)6)19-13(18(14)28)12-33-36(34-19)35-24(25,26)17(32-7)8-9-30-11-16(27)20(37)29-21(30)31;1-2/h10-11,17H,8-9,12H2,1-7H3,(H,29,31,37);1-2H3. The van der Waals surface area contributed by atoms with Crippen LogP contribution in [0.5, 0.6) is 5.75 Å². The average Bonchev–Trinajstić information content (AvgIpc) is 2.82. The summed E-state index contributed by atoms with van der Waals surface area (Å²) in [6, 6.07) is 1.84. The lowest BCUT2D eigenvalue weighted by Gasteiger charge is -2.39. The molecule has 212 valence electrons. The van der Waals surface area contributed by atoms with Crippen molar-refractivity contribution in [2.75, 3.05) is 7.11 Å². The molecule has 2 atom stereocenters. The molecule has 0 amide bonds. The first-order valence-electron chi connectivity index (χ1n) is 12.7. The van der Waals surface area contributed by atoms with E-state index in [1.165, 1.54) is 17.9 Å². The largest absolute Gasteiger partial charge is 0.426 e. The molecule has 2 aromatic rings. The fraction of sp³-hybridized carbons (Fsp3) is 0.615. The number of nitrogens with one attached hydrogen (secondary N) is 1. The summed E-state index contributed by atoms with van der Waals surface area (Å²) in [5.41, 5.74) is 0.548. The van der Waals surface area contributed by atoms with Gasteiger partial charge in [0.15, 0.2) is 0 Å². The average molecular weight is 597 g/mol. The summed E-state index contributed by atoms with van der Waals surface area (Å²) in [4.78, 5) is 14.7. The minimum atomic E-state index is -2.08. The number of aromatic amines is 1. The fourth-order valence-corrected chi connectivity index (χ4v) is 5.33. The maximum absolute atomic E-state index is 15.5. The van der Waals surface area contributed by atoms with E-state index in [1.54, 1.807) is 0 Å². The van der Waals surface area contributed by atoms with Crippen LogP contribution in [0.15, 0.2) is 17.1 Å². The summed E-state index contributed by atoms with van der Waals surface area (Å²) in [6.07, 6.45) is 0.758. The highest BCUT2D eigenvalue weighted by atomic mass is 35.5. The second-order valence-corrected chi connectivity index (χ2v) is 13.0. The van der Waals surface area contributed by atoms with Crippen LogP contribution in [-0.4, -0.2) is 43.9 Å². The smallest absolute Gasteiger partial charge is 0.396 e. The third-order valence-corrected chi connectivity index (χ3v) is 7.88. The molecular formula is C26H37B2ClFN2O5PS. The molecule has 0 fully saturated rings. The Balaban J connectivity index is 0.00000260. The minimum Gasteiger partial charge on any atom is -0.426 e. The van der Waals surface area contributed by atoms with Gasteiger partial charge in [0.1, 0.15) is 31.9 Å². The highest BCUT2D eigenvalue weighted by Gasteiger charge is 2.39. The third kappa shape index (κ3) is 8.17. The van der Waals surface area contributed by atoms with E-state index in [0.717, 1.165) is 5.56 Å². The van der Waals surface area contributed by atoms with Gasteiger partial charge in [0, 0.05) is 30.8 Å². The zero-order valence-corrected chi connectivity index (χ0v) is 26.6. The van der Waals surface area contributed by atoms with Gasteiger partial charge in [-0.1, -0.05) is 79.2 Å². The summed E-state index contributed by atoms with van der Waals surface area (Å²) in [5.74, 6) is 0.0125. The van der Waals surface area contributed by atoms with E-state index < -0.39 is 31.2 Å². The van der Waals surface area contributed by atoms with E-state index >= 15 is 4.39 Å². The summed E-state index contributed by atoms with van der Waals surface area (Å²) in [5, 5.41) is -1.62. The second kappa shape index (κ2) is 13.2. The summed E-state index contributed by atoms with van der Waals surface area (Å²) in [6.45, 7) is 16.0. The van der Waals surface area contributed by atoms with Crippen LogP contribution in [0.25, 0.3) is 0 Å². The van der Waals surface area contributed by atoms with Crippen LogP contribution in [0, 0.1) is 10.5 Å². The number of hydrogen-bond donors (Lipinski definition) is 1. The van der Waals surface area contributed by atoms with Crippen LogP contribution < -0.4 is 10.2 Å². The normalized spacial score (nSPS) is 16.5. The van der Waals surface area contributed by atoms with Crippen LogP contribution >= 0.6 is 32.4 Å². The third-order valence-electron chi connectivity index (χ3n) is 6.02. The fourth-order valence-electron chi connectivity index (χ4n) is 3.92. The molecule has 13 heteroatoms. The molecule has 2 unspecified atom stereocenters. The Morgan fingerprint density at radius 1 is 1.21 bits per heavy atom. The molecule has 1 aliphatic heterocycles. The molecule has 39 heavy (non-hydrogen) atoms. The highest BCUT2D eigenvalue weighted by molar-refractivity contribution is 7.71. The molecule has 1 aliphatic rings. The molecule has 4 radical (unpaired) electrons. The van der Waals surface area contributed by atoms with Crippen LogP contribution in [0.1, 0.15) is 78.5 Å². The van der Waals surface area contributed by atoms with Crippen molar-refractivity contribution in [1.29, 1.82) is 0 Å². The van der Waals surface area contributed by atoms with Crippen LogP contribution in [-0.2, 0) is 37.8 Å². The summed E-state index contributed by atoms with van der Waals surface area (Å²) >= 11 is 11.0. The molecule has 1 N–H and O–H groups in total. The van der Waals surface area contributed by atoms with Crippen LogP contribution in [0.2, 0.25) is 5.02 Å². The zero-order valence-electron chi connectivity index (χ0n) is 24.1. The van der Waals surface area contributed by atoms with Gasteiger partial charge >= 0.3 is 14.3 Å². The Labute approximate surface area is 244 Å². The molecule has 0 saturated heterocycles. The van der Waals surface area contributed by atoms with Crippen molar-refractivity contribution in [2.45, 2.75) is 97.3 Å². The van der Waals surface area contributed by atoms with E-state index in [9.17, 15) is 4.79 Å². The Hall–Kier alpha value is -1.22. The first kappa shape index (κ1) is 34.0. The molecule has 3 rings (SSSR count). The molecule has 2 heterocycles. The Morgan fingerprint density at radius 2 is 1.79 bits per heavy atom. The van der Waals surface area contributed by atoms with Crippen molar-refractivity contribution >= 4 is 48.1 Å². The van der Waals surface area contributed by atoms with Gasteiger partial charge in [-0.15, -0.1) is 0 Å². The van der Waals surface area contributed by atoms with E-state index in [4.69, 9.17) is 57.8 Å². The SMILES string of the molecule is CC.[B]C([B])(OP1OCc2c(F)c(C(C)(C)C)cc(C(C)(C)C)c2O1)C(CCn1cc(Cl)c(=S)[nH]c1=O)OC.